The summed E-state index contributed by atoms with van der Waals surface area (Å²) in [6.07, 6.45) is 18.7. The molecule has 0 heterocycles. The monoisotopic (exact) mass is 486 g/mol. The van der Waals surface area contributed by atoms with Gasteiger partial charge >= 0.3 is 0 Å². The van der Waals surface area contributed by atoms with Crippen LogP contribution in [0.5, 0.6) is 0 Å². The van der Waals surface area contributed by atoms with E-state index < -0.39 is 0 Å². The summed E-state index contributed by atoms with van der Waals surface area (Å²) < 4.78 is 21.8. The van der Waals surface area contributed by atoms with Gasteiger partial charge in [-0.05, 0) is 50.4 Å². The number of methoxy groups -OCH3 is 4. The molecular formula is C30H62O4. The van der Waals surface area contributed by atoms with Gasteiger partial charge in [0.2, 0.25) is 0 Å². The van der Waals surface area contributed by atoms with E-state index in [1.165, 1.54) is 89.9 Å². The van der Waals surface area contributed by atoms with Crippen LogP contribution in [0, 0.1) is 22.7 Å². The average molecular weight is 487 g/mol. The van der Waals surface area contributed by atoms with Gasteiger partial charge in [0, 0.05) is 39.3 Å². The van der Waals surface area contributed by atoms with E-state index in [0.29, 0.717) is 0 Å². The van der Waals surface area contributed by atoms with Crippen LogP contribution in [0.4, 0.5) is 0 Å². The Kier molecular flexibility index (Phi) is 20.9. The molecule has 4 heteroatoms. The minimum Gasteiger partial charge on any atom is -0.384 e. The van der Waals surface area contributed by atoms with Crippen molar-refractivity contribution in [2.24, 2.45) is 22.7 Å². The second-order valence-corrected chi connectivity index (χ2v) is 10.9. The van der Waals surface area contributed by atoms with Crippen molar-refractivity contribution in [2.45, 2.75) is 118 Å². The topological polar surface area (TPSA) is 36.9 Å². The average Bonchev–Trinajstić information content (AvgIpc) is 2.86. The van der Waals surface area contributed by atoms with Crippen LogP contribution in [0.2, 0.25) is 0 Å². The van der Waals surface area contributed by atoms with E-state index in [4.69, 9.17) is 18.9 Å². The lowest BCUT2D eigenvalue weighted by Gasteiger charge is -2.42. The molecule has 34 heavy (non-hydrogen) atoms. The standard InChI is InChI=1S/C14H28O2.C13H26O2.C3H8/c1-4-10-14(11-15-2,12-16-3)13-8-6-5-7-9-13;1-4-13(10-14-2,11-15-3)12-8-6-5-7-9-12;1-3-2/h13H,4-12H2,1-3H3;12H,4-11H2,1-3H3;3H2,1-2H3. The molecule has 0 unspecified atom stereocenters. The largest absolute Gasteiger partial charge is 0.384 e. The minimum atomic E-state index is 0.268. The van der Waals surface area contributed by atoms with Crippen molar-refractivity contribution in [2.75, 3.05) is 54.9 Å². The van der Waals surface area contributed by atoms with E-state index in [2.05, 4.69) is 27.7 Å². The molecule has 4 nitrogen and oxygen atoms in total. The third-order valence-electron chi connectivity index (χ3n) is 8.12. The second kappa shape index (κ2) is 21.0. The van der Waals surface area contributed by atoms with Crippen LogP contribution in [-0.2, 0) is 18.9 Å². The van der Waals surface area contributed by atoms with E-state index in [1.807, 2.05) is 28.4 Å². The third kappa shape index (κ3) is 11.7. The van der Waals surface area contributed by atoms with Crippen LogP contribution in [0.3, 0.4) is 0 Å². The van der Waals surface area contributed by atoms with Crippen molar-refractivity contribution in [1.29, 1.82) is 0 Å². The molecule has 2 saturated carbocycles. The van der Waals surface area contributed by atoms with Crippen LogP contribution in [-0.4, -0.2) is 54.9 Å². The highest BCUT2D eigenvalue weighted by atomic mass is 16.5. The van der Waals surface area contributed by atoms with Crippen LogP contribution in [0.1, 0.15) is 118 Å². The van der Waals surface area contributed by atoms with Gasteiger partial charge in [-0.25, -0.2) is 0 Å². The van der Waals surface area contributed by atoms with E-state index in [1.54, 1.807) is 0 Å². The molecular weight excluding hydrogens is 424 g/mol. The number of hydrogen-bond donors (Lipinski definition) is 0. The molecule has 0 amide bonds. The molecule has 206 valence electrons. The summed E-state index contributed by atoms with van der Waals surface area (Å²) >= 11 is 0. The first-order chi connectivity index (χ1) is 16.5. The van der Waals surface area contributed by atoms with E-state index in [0.717, 1.165) is 38.3 Å². The third-order valence-corrected chi connectivity index (χ3v) is 8.12. The Hall–Kier alpha value is -0.160. The lowest BCUT2D eigenvalue weighted by atomic mass is 9.67. The Morgan fingerprint density at radius 1 is 0.529 bits per heavy atom. The summed E-state index contributed by atoms with van der Waals surface area (Å²) in [6.45, 7) is 12.2. The number of hydrogen-bond acceptors (Lipinski definition) is 4. The quantitative estimate of drug-likeness (QED) is 0.262. The van der Waals surface area contributed by atoms with Crippen molar-refractivity contribution in [1.82, 2.24) is 0 Å². The zero-order valence-electron chi connectivity index (χ0n) is 24.5. The Balaban J connectivity index is 0.000000575. The summed E-state index contributed by atoms with van der Waals surface area (Å²) in [6, 6.07) is 0. The van der Waals surface area contributed by atoms with Gasteiger partial charge in [-0.2, -0.15) is 0 Å². The first-order valence-electron chi connectivity index (χ1n) is 14.4. The van der Waals surface area contributed by atoms with Crippen molar-refractivity contribution in [3.63, 3.8) is 0 Å². The Morgan fingerprint density at radius 2 is 0.853 bits per heavy atom. The SMILES string of the molecule is CCC.CCC(COC)(COC)C1CCCCC1.CCCC(COC)(COC)C1CCCCC1. The molecule has 0 spiro atoms. The molecule has 2 rings (SSSR count). The minimum absolute atomic E-state index is 0.268. The highest BCUT2D eigenvalue weighted by Gasteiger charge is 2.39. The van der Waals surface area contributed by atoms with Gasteiger partial charge in [-0.15, -0.1) is 0 Å². The van der Waals surface area contributed by atoms with E-state index in [-0.39, 0.29) is 10.8 Å². The smallest absolute Gasteiger partial charge is 0.0543 e. The second-order valence-electron chi connectivity index (χ2n) is 10.9. The Bertz CT molecular complexity index is 405. The van der Waals surface area contributed by atoms with E-state index >= 15 is 0 Å². The van der Waals surface area contributed by atoms with Crippen LogP contribution >= 0.6 is 0 Å². The maximum absolute atomic E-state index is 5.49. The lowest BCUT2D eigenvalue weighted by molar-refractivity contribution is -0.0467. The maximum atomic E-state index is 5.49. The van der Waals surface area contributed by atoms with Crippen molar-refractivity contribution >= 4 is 0 Å². The zero-order chi connectivity index (χ0) is 25.7. The van der Waals surface area contributed by atoms with Crippen LogP contribution in [0.15, 0.2) is 0 Å². The summed E-state index contributed by atoms with van der Waals surface area (Å²) in [7, 11) is 7.26. The Labute approximate surface area is 214 Å². The fourth-order valence-corrected chi connectivity index (χ4v) is 6.47. The lowest BCUT2D eigenvalue weighted by Crippen LogP contribution is -2.40. The summed E-state index contributed by atoms with van der Waals surface area (Å²) in [5, 5.41) is 0. The van der Waals surface area contributed by atoms with Gasteiger partial charge in [-0.1, -0.05) is 79.1 Å². The molecule has 0 bridgehead atoms. The van der Waals surface area contributed by atoms with Crippen LogP contribution in [0.25, 0.3) is 0 Å². The molecule has 0 saturated heterocycles. The maximum Gasteiger partial charge on any atom is 0.0543 e. The van der Waals surface area contributed by atoms with Gasteiger partial charge < -0.3 is 18.9 Å². The predicted octanol–water partition coefficient (Wildman–Crippen LogP) is 8.32. The predicted molar refractivity (Wildman–Crippen MR) is 147 cm³/mol. The molecule has 2 fully saturated rings. The van der Waals surface area contributed by atoms with E-state index in [9.17, 15) is 0 Å². The zero-order valence-corrected chi connectivity index (χ0v) is 24.5. The van der Waals surface area contributed by atoms with Gasteiger partial charge in [0.25, 0.3) is 0 Å². The number of ether oxygens (including phenoxy) is 4. The molecule has 0 aromatic rings. The molecule has 0 N–H and O–H groups in total. The fourth-order valence-electron chi connectivity index (χ4n) is 6.47. The van der Waals surface area contributed by atoms with Gasteiger partial charge in [0.15, 0.2) is 0 Å². The normalized spacial score (nSPS) is 18.0. The molecule has 2 aliphatic carbocycles. The highest BCUT2D eigenvalue weighted by molar-refractivity contribution is 4.88. The number of rotatable bonds is 13. The van der Waals surface area contributed by atoms with Crippen LogP contribution < -0.4 is 0 Å². The first kappa shape index (κ1) is 33.8. The highest BCUT2D eigenvalue weighted by Crippen LogP contribution is 2.43. The molecule has 0 aliphatic heterocycles. The molecule has 0 atom stereocenters. The summed E-state index contributed by atoms with van der Waals surface area (Å²) in [4.78, 5) is 0. The molecule has 0 aromatic carbocycles. The van der Waals surface area contributed by atoms with Gasteiger partial charge in [0.1, 0.15) is 0 Å². The van der Waals surface area contributed by atoms with Crippen molar-refractivity contribution < 1.29 is 18.9 Å². The first-order valence-corrected chi connectivity index (χ1v) is 14.4. The summed E-state index contributed by atoms with van der Waals surface area (Å²) in [5.41, 5.74) is 0.544. The van der Waals surface area contributed by atoms with Crippen molar-refractivity contribution in [3.8, 4) is 0 Å². The molecule has 0 radical (unpaired) electrons. The van der Waals surface area contributed by atoms with Gasteiger partial charge in [0.05, 0.1) is 26.4 Å². The Morgan fingerprint density at radius 3 is 1.15 bits per heavy atom. The van der Waals surface area contributed by atoms with Gasteiger partial charge in [-0.3, -0.25) is 0 Å². The molecule has 0 aromatic heterocycles. The fraction of sp³-hybridized carbons (Fsp3) is 1.00. The molecule has 2 aliphatic rings. The summed E-state index contributed by atoms with van der Waals surface area (Å²) in [5.74, 6) is 1.61. The van der Waals surface area contributed by atoms with Crippen molar-refractivity contribution in [3.05, 3.63) is 0 Å².